The fraction of sp³-hybridized carbons (Fsp3) is 0.350. The summed E-state index contributed by atoms with van der Waals surface area (Å²) in [5.41, 5.74) is 3.61. The third-order valence-electron chi connectivity index (χ3n) is 4.49. The van der Waals surface area contributed by atoms with Crippen molar-refractivity contribution in [1.82, 2.24) is 5.32 Å². The molecule has 0 radical (unpaired) electrons. The molecule has 0 saturated carbocycles. The summed E-state index contributed by atoms with van der Waals surface area (Å²) in [4.78, 5) is 13.6. The molecule has 0 bridgehead atoms. The van der Waals surface area contributed by atoms with Gasteiger partial charge in [0.15, 0.2) is 6.04 Å². The van der Waals surface area contributed by atoms with Crippen molar-refractivity contribution >= 4 is 5.91 Å². The van der Waals surface area contributed by atoms with E-state index in [4.69, 9.17) is 4.74 Å². The van der Waals surface area contributed by atoms with Crippen LogP contribution in [0.1, 0.15) is 23.6 Å². The minimum atomic E-state index is -0.108. The fourth-order valence-corrected chi connectivity index (χ4v) is 2.57. The Hall–Kier alpha value is -2.33. The topological polar surface area (TPSA) is 42.8 Å². The highest BCUT2D eigenvalue weighted by atomic mass is 16.5. The van der Waals surface area contributed by atoms with Crippen LogP contribution >= 0.6 is 0 Å². The molecule has 0 aromatic heterocycles. The molecule has 0 saturated heterocycles. The van der Waals surface area contributed by atoms with Gasteiger partial charge in [0.05, 0.1) is 14.2 Å². The standard InChI is InChI=1S/C20H26N2O2/c1-15-7-5-6-8-18(15)14-22(3)16(2)20(23)21-13-17-9-11-19(24-4)12-10-17/h5-12,16H,13-14H2,1-4H3,(H,21,23)/p+1/t16-/m1/s1. The van der Waals surface area contributed by atoms with E-state index in [1.807, 2.05) is 43.3 Å². The second-order valence-corrected chi connectivity index (χ2v) is 6.24. The number of amides is 1. The van der Waals surface area contributed by atoms with Gasteiger partial charge in [0.25, 0.3) is 5.91 Å². The number of nitrogens with one attached hydrogen (secondary N) is 2. The summed E-state index contributed by atoms with van der Waals surface area (Å²) >= 11 is 0. The summed E-state index contributed by atoms with van der Waals surface area (Å²) in [6.07, 6.45) is 0. The van der Waals surface area contributed by atoms with Gasteiger partial charge in [-0.3, -0.25) is 4.79 Å². The molecule has 1 unspecified atom stereocenters. The van der Waals surface area contributed by atoms with E-state index < -0.39 is 0 Å². The van der Waals surface area contributed by atoms with Crippen LogP contribution < -0.4 is 15.0 Å². The quantitative estimate of drug-likeness (QED) is 0.813. The number of hydrogen-bond acceptors (Lipinski definition) is 2. The lowest BCUT2D eigenvalue weighted by atomic mass is 10.1. The Balaban J connectivity index is 1.87. The van der Waals surface area contributed by atoms with Crippen LogP contribution in [0.25, 0.3) is 0 Å². The summed E-state index contributed by atoms with van der Waals surface area (Å²) in [5, 5.41) is 3.02. The predicted molar refractivity (Wildman–Crippen MR) is 96.1 cm³/mol. The van der Waals surface area contributed by atoms with Crippen molar-refractivity contribution in [2.75, 3.05) is 14.2 Å². The third kappa shape index (κ3) is 4.83. The maximum Gasteiger partial charge on any atom is 0.278 e. The van der Waals surface area contributed by atoms with Gasteiger partial charge in [-0.05, 0) is 37.1 Å². The molecule has 2 aromatic carbocycles. The molecule has 0 aliphatic carbocycles. The molecule has 2 atom stereocenters. The Morgan fingerprint density at radius 3 is 2.46 bits per heavy atom. The first kappa shape index (κ1) is 18.0. The predicted octanol–water partition coefficient (Wildman–Crippen LogP) is 1.72. The van der Waals surface area contributed by atoms with Crippen molar-refractivity contribution in [3.8, 4) is 5.75 Å². The van der Waals surface area contributed by atoms with E-state index in [-0.39, 0.29) is 11.9 Å². The highest BCUT2D eigenvalue weighted by Crippen LogP contribution is 2.11. The lowest BCUT2D eigenvalue weighted by Gasteiger charge is -2.22. The summed E-state index contributed by atoms with van der Waals surface area (Å²) in [6.45, 7) is 5.45. The molecule has 2 N–H and O–H groups in total. The van der Waals surface area contributed by atoms with Crippen molar-refractivity contribution in [3.05, 3.63) is 65.2 Å². The summed E-state index contributed by atoms with van der Waals surface area (Å²) in [5.74, 6) is 0.887. The Morgan fingerprint density at radius 2 is 1.83 bits per heavy atom. The first-order chi connectivity index (χ1) is 11.5. The number of quaternary nitrogens is 1. The van der Waals surface area contributed by atoms with Gasteiger partial charge in [-0.2, -0.15) is 0 Å². The lowest BCUT2D eigenvalue weighted by Crippen LogP contribution is -3.12. The van der Waals surface area contributed by atoms with Crippen molar-refractivity contribution in [3.63, 3.8) is 0 Å². The molecule has 2 rings (SSSR count). The number of aryl methyl sites for hydroxylation is 1. The zero-order valence-electron chi connectivity index (χ0n) is 14.9. The largest absolute Gasteiger partial charge is 0.497 e. The summed E-state index contributed by atoms with van der Waals surface area (Å²) < 4.78 is 5.14. The Morgan fingerprint density at radius 1 is 1.17 bits per heavy atom. The van der Waals surface area contributed by atoms with Crippen molar-refractivity contribution in [1.29, 1.82) is 0 Å². The van der Waals surface area contributed by atoms with Gasteiger partial charge < -0.3 is 15.0 Å². The number of methoxy groups -OCH3 is 1. The van der Waals surface area contributed by atoms with Crippen LogP contribution in [0.5, 0.6) is 5.75 Å². The molecule has 1 amide bonds. The molecule has 0 aliphatic rings. The number of ether oxygens (including phenoxy) is 1. The third-order valence-corrected chi connectivity index (χ3v) is 4.49. The second-order valence-electron chi connectivity index (χ2n) is 6.24. The molecule has 2 aromatic rings. The molecule has 24 heavy (non-hydrogen) atoms. The number of carbonyl (C=O) groups excluding carboxylic acids is 1. The maximum absolute atomic E-state index is 12.4. The Labute approximate surface area is 144 Å². The van der Waals surface area contributed by atoms with Crippen LogP contribution in [0, 0.1) is 6.92 Å². The van der Waals surface area contributed by atoms with Crippen LogP contribution in [0.15, 0.2) is 48.5 Å². The Kier molecular flexibility index (Phi) is 6.38. The van der Waals surface area contributed by atoms with Crippen LogP contribution in [0.3, 0.4) is 0 Å². The molecule has 0 spiro atoms. The average molecular weight is 327 g/mol. The normalized spacial score (nSPS) is 13.2. The molecule has 0 fully saturated rings. The van der Waals surface area contributed by atoms with Gasteiger partial charge in [0, 0.05) is 12.1 Å². The van der Waals surface area contributed by atoms with Gasteiger partial charge in [-0.1, -0.05) is 36.4 Å². The van der Waals surface area contributed by atoms with E-state index in [0.717, 1.165) is 17.9 Å². The molecule has 0 heterocycles. The van der Waals surface area contributed by atoms with Crippen LogP contribution in [-0.4, -0.2) is 26.1 Å². The van der Waals surface area contributed by atoms with Crippen molar-refractivity contribution in [2.45, 2.75) is 33.0 Å². The molecule has 4 heteroatoms. The highest BCUT2D eigenvalue weighted by Gasteiger charge is 2.22. The second kappa shape index (κ2) is 8.50. The molecule has 128 valence electrons. The molecular weight excluding hydrogens is 300 g/mol. The molecular formula is C20H27N2O2+. The van der Waals surface area contributed by atoms with E-state index in [9.17, 15) is 4.79 Å². The van der Waals surface area contributed by atoms with E-state index >= 15 is 0 Å². The van der Waals surface area contributed by atoms with Crippen molar-refractivity contribution in [2.24, 2.45) is 0 Å². The van der Waals surface area contributed by atoms with Crippen LogP contribution in [0.2, 0.25) is 0 Å². The average Bonchev–Trinajstić information content (AvgIpc) is 2.61. The van der Waals surface area contributed by atoms with E-state index in [2.05, 4.69) is 31.4 Å². The fourth-order valence-electron chi connectivity index (χ4n) is 2.57. The van der Waals surface area contributed by atoms with Crippen LogP contribution in [0.4, 0.5) is 0 Å². The van der Waals surface area contributed by atoms with Crippen molar-refractivity contribution < 1.29 is 14.4 Å². The van der Waals surface area contributed by atoms with E-state index in [1.54, 1.807) is 7.11 Å². The molecule has 4 nitrogen and oxygen atoms in total. The van der Waals surface area contributed by atoms with E-state index in [0.29, 0.717) is 6.54 Å². The number of hydrogen-bond donors (Lipinski definition) is 2. The van der Waals surface area contributed by atoms with Gasteiger partial charge in [0.2, 0.25) is 0 Å². The SMILES string of the molecule is COc1ccc(CNC(=O)[C@@H](C)[NH+](C)Cc2ccccc2C)cc1. The maximum atomic E-state index is 12.4. The van der Waals surface area contributed by atoms with E-state index in [1.165, 1.54) is 16.0 Å². The van der Waals surface area contributed by atoms with Gasteiger partial charge in [-0.25, -0.2) is 0 Å². The van der Waals surface area contributed by atoms with Crippen LogP contribution in [-0.2, 0) is 17.9 Å². The smallest absolute Gasteiger partial charge is 0.278 e. The lowest BCUT2D eigenvalue weighted by molar-refractivity contribution is -0.908. The number of benzene rings is 2. The Bertz CT molecular complexity index is 668. The van der Waals surface area contributed by atoms with Gasteiger partial charge in [-0.15, -0.1) is 0 Å². The monoisotopic (exact) mass is 327 g/mol. The zero-order valence-corrected chi connectivity index (χ0v) is 14.9. The number of carbonyl (C=O) groups is 1. The minimum Gasteiger partial charge on any atom is -0.497 e. The van der Waals surface area contributed by atoms with Gasteiger partial charge in [0.1, 0.15) is 12.3 Å². The first-order valence-electron chi connectivity index (χ1n) is 8.28. The highest BCUT2D eigenvalue weighted by molar-refractivity contribution is 5.79. The van der Waals surface area contributed by atoms with Gasteiger partial charge >= 0.3 is 0 Å². The summed E-state index contributed by atoms with van der Waals surface area (Å²) in [6, 6.07) is 16.0. The minimum absolute atomic E-state index is 0.0666. The number of likely N-dealkylation sites (N-methyl/N-ethyl adjacent to an activating group) is 1. The molecule has 0 aliphatic heterocycles. The first-order valence-corrected chi connectivity index (χ1v) is 8.28. The zero-order chi connectivity index (χ0) is 17.5. The summed E-state index contributed by atoms with van der Waals surface area (Å²) in [7, 11) is 3.70. The number of rotatable bonds is 7.